The van der Waals surface area contributed by atoms with Crippen LogP contribution >= 0.6 is 0 Å². The van der Waals surface area contributed by atoms with Gasteiger partial charge >= 0.3 is 0 Å². The van der Waals surface area contributed by atoms with E-state index >= 15 is 0 Å². The van der Waals surface area contributed by atoms with Gasteiger partial charge in [0.05, 0.1) is 22.0 Å². The molecule has 0 aromatic heterocycles. The number of phenols is 1. The molecule has 0 saturated carbocycles. The van der Waals surface area contributed by atoms with Gasteiger partial charge in [0.25, 0.3) is 26.1 Å². The first-order valence-electron chi connectivity index (χ1n) is 12.7. The van der Waals surface area contributed by atoms with Crippen molar-refractivity contribution in [1.82, 2.24) is 0 Å². The van der Waals surface area contributed by atoms with Gasteiger partial charge in [-0.3, -0.25) is 13.9 Å². The Balaban J connectivity index is 1.38. The van der Waals surface area contributed by atoms with Crippen LogP contribution in [0.1, 0.15) is 10.4 Å². The lowest BCUT2D eigenvalue weighted by molar-refractivity contribution is 0.102. The third-order valence-electron chi connectivity index (χ3n) is 6.29. The van der Waals surface area contributed by atoms with E-state index in [-0.39, 0.29) is 21.4 Å². The lowest BCUT2D eigenvalue weighted by atomic mass is 10.1. The fourth-order valence-electron chi connectivity index (χ4n) is 4.05. The van der Waals surface area contributed by atoms with Crippen molar-refractivity contribution in [2.45, 2.75) is 9.79 Å². The zero-order valence-electron chi connectivity index (χ0n) is 22.8. The summed E-state index contributed by atoms with van der Waals surface area (Å²) in [7, 11) is -9.20. The fourth-order valence-corrected chi connectivity index (χ4v) is 5.19. The zero-order valence-corrected chi connectivity index (χ0v) is 24.4. The first-order valence-corrected chi connectivity index (χ1v) is 15.6. The van der Waals surface area contributed by atoms with Gasteiger partial charge < -0.3 is 16.2 Å². The van der Waals surface area contributed by atoms with Crippen LogP contribution in [0.25, 0.3) is 10.8 Å². The number of nitrogen functional groups attached to an aromatic ring is 1. The monoisotopic (exact) mass is 646 g/mol. The highest BCUT2D eigenvalue weighted by Crippen LogP contribution is 2.42. The highest BCUT2D eigenvalue weighted by molar-refractivity contribution is 7.86. The highest BCUT2D eigenvalue weighted by Gasteiger charge is 2.22. The van der Waals surface area contributed by atoms with E-state index in [1.54, 1.807) is 24.3 Å². The zero-order chi connectivity index (χ0) is 32.4. The normalized spacial score (nSPS) is 12.2. The topological polar surface area (TPSA) is 234 Å². The molecule has 0 aliphatic rings. The predicted octanol–water partition coefficient (Wildman–Crippen LogP) is 6.70. The molecule has 0 fully saturated rings. The van der Waals surface area contributed by atoms with Crippen molar-refractivity contribution in [3.8, 4) is 5.75 Å². The van der Waals surface area contributed by atoms with Crippen LogP contribution in [0.3, 0.4) is 0 Å². The van der Waals surface area contributed by atoms with Crippen LogP contribution in [0.15, 0.2) is 127 Å². The molecule has 6 N–H and O–H groups in total. The molecule has 0 saturated heterocycles. The molecule has 5 aromatic rings. The summed E-state index contributed by atoms with van der Waals surface area (Å²) in [6.07, 6.45) is 0. The van der Waals surface area contributed by atoms with Gasteiger partial charge in [-0.2, -0.15) is 32.2 Å². The summed E-state index contributed by atoms with van der Waals surface area (Å²) in [5.41, 5.74) is 7.24. The number of amides is 1. The number of nitrogens with zero attached hydrogens (tertiary/aromatic N) is 4. The molecule has 0 unspecified atom stereocenters. The molecule has 16 heteroatoms. The van der Waals surface area contributed by atoms with Crippen LogP contribution in [0.2, 0.25) is 0 Å². The molecule has 0 heterocycles. The van der Waals surface area contributed by atoms with Crippen LogP contribution in [-0.4, -0.2) is 37.0 Å². The Morgan fingerprint density at radius 1 is 0.667 bits per heavy atom. The number of carbonyl (C=O) groups excluding carboxylic acids is 1. The van der Waals surface area contributed by atoms with Crippen molar-refractivity contribution in [3.05, 3.63) is 103 Å². The second kappa shape index (κ2) is 12.2. The smallest absolute Gasteiger partial charge is 0.296 e. The minimum atomic E-state index is -4.87. The van der Waals surface area contributed by atoms with Gasteiger partial charge in [-0.05, 0) is 102 Å². The fraction of sp³-hybridized carbons (Fsp3) is 0. The molecule has 1 amide bonds. The van der Waals surface area contributed by atoms with E-state index < -0.39 is 42.5 Å². The predicted molar refractivity (Wildman–Crippen MR) is 165 cm³/mol. The number of aromatic hydroxyl groups is 1. The molecule has 5 aromatic carbocycles. The lowest BCUT2D eigenvalue weighted by Crippen LogP contribution is -2.11. The molecule has 0 bridgehead atoms. The van der Waals surface area contributed by atoms with Gasteiger partial charge in [-0.1, -0.05) is 0 Å². The van der Waals surface area contributed by atoms with Crippen molar-refractivity contribution in [2.24, 2.45) is 20.5 Å². The SMILES string of the molecule is Nc1ccc(C(=O)Nc2ccc3c(O)c(N=Nc4ccc(N=Nc5ccc(S(=O)(=O)O)cc5)cc4)c(S(=O)(=O)O)cc3c2)cc1. The molecule has 228 valence electrons. The Bertz CT molecular complexity index is 2200. The van der Waals surface area contributed by atoms with Crippen molar-refractivity contribution in [1.29, 1.82) is 0 Å². The van der Waals surface area contributed by atoms with Crippen molar-refractivity contribution < 1.29 is 35.8 Å². The summed E-state index contributed by atoms with van der Waals surface area (Å²) in [6.45, 7) is 0. The minimum Gasteiger partial charge on any atom is -0.505 e. The van der Waals surface area contributed by atoms with Crippen molar-refractivity contribution >= 4 is 71.0 Å². The molecular weight excluding hydrogens is 624 g/mol. The molecule has 0 atom stereocenters. The Morgan fingerprint density at radius 3 is 1.73 bits per heavy atom. The van der Waals surface area contributed by atoms with E-state index in [1.165, 1.54) is 66.7 Å². The summed E-state index contributed by atoms with van der Waals surface area (Å²) < 4.78 is 65.7. The molecule has 0 radical (unpaired) electrons. The quantitative estimate of drug-likeness (QED) is 0.0684. The highest BCUT2D eigenvalue weighted by atomic mass is 32.2. The van der Waals surface area contributed by atoms with Gasteiger partial charge in [-0.15, -0.1) is 5.11 Å². The van der Waals surface area contributed by atoms with Crippen LogP contribution in [0, 0.1) is 0 Å². The molecular formula is C29H22N6O8S2. The van der Waals surface area contributed by atoms with E-state index in [0.29, 0.717) is 28.3 Å². The van der Waals surface area contributed by atoms with Crippen LogP contribution in [0.5, 0.6) is 5.75 Å². The number of azo groups is 2. The van der Waals surface area contributed by atoms with Gasteiger partial charge in [0.1, 0.15) is 10.6 Å². The first kappa shape index (κ1) is 30.9. The van der Waals surface area contributed by atoms with Gasteiger partial charge in [0, 0.05) is 22.3 Å². The van der Waals surface area contributed by atoms with E-state index in [2.05, 4.69) is 25.8 Å². The number of nitrogens with one attached hydrogen (secondary N) is 1. The number of nitrogens with two attached hydrogens (primary N) is 1. The van der Waals surface area contributed by atoms with E-state index in [4.69, 9.17) is 10.3 Å². The van der Waals surface area contributed by atoms with Crippen molar-refractivity contribution in [2.75, 3.05) is 11.1 Å². The minimum absolute atomic E-state index is 0.183. The number of carbonyl (C=O) groups is 1. The first-order chi connectivity index (χ1) is 21.3. The van der Waals surface area contributed by atoms with Crippen molar-refractivity contribution in [3.63, 3.8) is 0 Å². The summed E-state index contributed by atoms with van der Waals surface area (Å²) in [5.74, 6) is -1.01. The number of fused-ring (bicyclic) bond motifs is 1. The van der Waals surface area contributed by atoms with E-state index in [9.17, 15) is 31.3 Å². The van der Waals surface area contributed by atoms with Crippen LogP contribution in [0.4, 0.5) is 34.1 Å². The number of benzene rings is 5. The standard InChI is InChI=1S/C29H22N6O8S2/c30-19-3-1-17(2-4-19)29(37)31-23-11-14-25-18(15-23)16-26(45(41,42)43)27(28(25)36)35-34-21-7-5-20(6-8-21)32-33-22-9-12-24(13-10-22)44(38,39)40/h1-16,36H,30H2,(H,31,37)(H,38,39,40)(H,41,42,43). The molecule has 5 rings (SSSR count). The molecule has 0 aliphatic heterocycles. The van der Waals surface area contributed by atoms with E-state index in [0.717, 1.165) is 6.07 Å². The third-order valence-corrected chi connectivity index (χ3v) is 8.03. The maximum atomic E-state index is 12.6. The number of anilines is 2. The third kappa shape index (κ3) is 7.34. The lowest BCUT2D eigenvalue weighted by Gasteiger charge is -2.11. The maximum absolute atomic E-state index is 12.6. The summed E-state index contributed by atoms with van der Waals surface area (Å²) in [5, 5.41) is 29.9. The van der Waals surface area contributed by atoms with Crippen LogP contribution in [-0.2, 0) is 20.2 Å². The molecule has 14 nitrogen and oxygen atoms in total. The summed E-state index contributed by atoms with van der Waals surface area (Å²) in [4.78, 5) is 11.6. The van der Waals surface area contributed by atoms with Gasteiger partial charge in [-0.25, -0.2) is 0 Å². The average Bonchev–Trinajstić information content (AvgIpc) is 2.99. The van der Waals surface area contributed by atoms with Crippen LogP contribution < -0.4 is 11.1 Å². The van der Waals surface area contributed by atoms with E-state index in [1.807, 2.05) is 0 Å². The second-order valence-electron chi connectivity index (χ2n) is 9.44. The summed E-state index contributed by atoms with van der Waals surface area (Å²) >= 11 is 0. The molecule has 0 spiro atoms. The second-order valence-corrected chi connectivity index (χ2v) is 12.3. The summed E-state index contributed by atoms with van der Waals surface area (Å²) in [6, 6.07) is 22.8. The van der Waals surface area contributed by atoms with Gasteiger partial charge in [0.15, 0.2) is 5.75 Å². The number of hydrogen-bond donors (Lipinski definition) is 5. The van der Waals surface area contributed by atoms with Gasteiger partial charge in [0.2, 0.25) is 0 Å². The molecule has 0 aliphatic carbocycles. The maximum Gasteiger partial charge on any atom is 0.296 e. The Labute approximate surface area is 256 Å². The Morgan fingerprint density at radius 2 is 1.20 bits per heavy atom. The largest absolute Gasteiger partial charge is 0.505 e. The Hall–Kier alpha value is -5.55. The molecule has 45 heavy (non-hydrogen) atoms. The number of hydrogen-bond acceptors (Lipinski definition) is 11. The Kier molecular flexibility index (Phi) is 8.38. The number of rotatable bonds is 8. The average molecular weight is 647 g/mol. The number of phenolic OH excluding ortho intramolecular Hbond substituents is 1.